The Balaban J connectivity index is 2.04. The van der Waals surface area contributed by atoms with Crippen molar-refractivity contribution in [1.82, 2.24) is 0 Å². The van der Waals surface area contributed by atoms with Crippen molar-refractivity contribution in [1.29, 1.82) is 0 Å². The van der Waals surface area contributed by atoms with Crippen molar-refractivity contribution in [3.63, 3.8) is 0 Å². The lowest BCUT2D eigenvalue weighted by Gasteiger charge is -2.30. The van der Waals surface area contributed by atoms with E-state index >= 15 is 0 Å². The maximum Gasteiger partial charge on any atom is 0.105 e. The van der Waals surface area contributed by atoms with Crippen LogP contribution in [-0.2, 0) is 9.47 Å². The van der Waals surface area contributed by atoms with Crippen LogP contribution in [0.4, 0.5) is 0 Å². The van der Waals surface area contributed by atoms with E-state index in [4.69, 9.17) is 15.2 Å². The first-order chi connectivity index (χ1) is 7.29. The van der Waals surface area contributed by atoms with Crippen LogP contribution in [0.15, 0.2) is 28.7 Å². The van der Waals surface area contributed by atoms with Gasteiger partial charge in [0.2, 0.25) is 0 Å². The van der Waals surface area contributed by atoms with E-state index in [2.05, 4.69) is 15.9 Å². The molecule has 0 amide bonds. The van der Waals surface area contributed by atoms with Gasteiger partial charge in [-0.05, 0) is 17.7 Å². The largest absolute Gasteiger partial charge is 0.376 e. The van der Waals surface area contributed by atoms with Crippen LogP contribution in [0.5, 0.6) is 0 Å². The van der Waals surface area contributed by atoms with Crippen LogP contribution in [-0.4, -0.2) is 25.9 Å². The van der Waals surface area contributed by atoms with E-state index in [9.17, 15) is 0 Å². The van der Waals surface area contributed by atoms with Crippen LogP contribution in [0.1, 0.15) is 11.7 Å². The molecule has 2 rings (SSSR count). The normalized spacial score (nSPS) is 18.5. The molecule has 1 heterocycles. The Hall–Kier alpha value is -0.420. The molecule has 1 fully saturated rings. The Bertz CT molecular complexity index is 328. The van der Waals surface area contributed by atoms with Crippen LogP contribution in [0, 0.1) is 0 Å². The van der Waals surface area contributed by atoms with E-state index in [1.54, 1.807) is 0 Å². The van der Waals surface area contributed by atoms with Gasteiger partial charge < -0.3 is 15.2 Å². The summed E-state index contributed by atoms with van der Waals surface area (Å²) in [7, 11) is 0. The molecule has 1 aromatic rings. The number of rotatable bonds is 4. The zero-order valence-electron chi connectivity index (χ0n) is 8.36. The molecule has 0 spiro atoms. The minimum Gasteiger partial charge on any atom is -0.376 e. The van der Waals surface area contributed by atoms with Crippen LogP contribution in [0.3, 0.4) is 0 Å². The SMILES string of the molecule is NCC(OC1COC1)c1cccc(Br)c1. The highest BCUT2D eigenvalue weighted by Gasteiger charge is 2.23. The molecule has 1 aromatic carbocycles. The van der Waals surface area contributed by atoms with Gasteiger partial charge in [-0.3, -0.25) is 0 Å². The minimum atomic E-state index is -0.0311. The predicted octanol–water partition coefficient (Wildman–Crippen LogP) is 1.86. The van der Waals surface area contributed by atoms with Crippen molar-refractivity contribution < 1.29 is 9.47 Å². The average Bonchev–Trinajstić information content (AvgIpc) is 2.16. The Kier molecular flexibility index (Phi) is 3.75. The molecular weight excluding hydrogens is 258 g/mol. The summed E-state index contributed by atoms with van der Waals surface area (Å²) < 4.78 is 11.9. The third kappa shape index (κ3) is 2.78. The summed E-state index contributed by atoms with van der Waals surface area (Å²) >= 11 is 3.44. The fourth-order valence-corrected chi connectivity index (χ4v) is 1.92. The Morgan fingerprint density at radius 1 is 1.53 bits per heavy atom. The first-order valence-corrected chi connectivity index (χ1v) is 5.77. The lowest BCUT2D eigenvalue weighted by molar-refractivity contribution is -0.153. The molecule has 1 atom stereocenters. The molecule has 1 aliphatic heterocycles. The highest BCUT2D eigenvalue weighted by molar-refractivity contribution is 9.10. The van der Waals surface area contributed by atoms with E-state index < -0.39 is 0 Å². The van der Waals surface area contributed by atoms with E-state index in [1.165, 1.54) is 0 Å². The monoisotopic (exact) mass is 271 g/mol. The molecule has 0 aliphatic carbocycles. The number of hydrogen-bond donors (Lipinski definition) is 1. The quantitative estimate of drug-likeness (QED) is 0.910. The highest BCUT2D eigenvalue weighted by Crippen LogP contribution is 2.23. The smallest absolute Gasteiger partial charge is 0.105 e. The highest BCUT2D eigenvalue weighted by atomic mass is 79.9. The molecule has 1 aliphatic rings. The van der Waals surface area contributed by atoms with E-state index in [1.807, 2.05) is 24.3 Å². The van der Waals surface area contributed by atoms with Gasteiger partial charge in [-0.1, -0.05) is 28.1 Å². The first-order valence-electron chi connectivity index (χ1n) is 4.98. The van der Waals surface area contributed by atoms with Crippen molar-refractivity contribution in [2.75, 3.05) is 19.8 Å². The van der Waals surface area contributed by atoms with Crippen LogP contribution in [0.25, 0.3) is 0 Å². The van der Waals surface area contributed by atoms with E-state index in [-0.39, 0.29) is 12.2 Å². The maximum atomic E-state index is 5.81. The summed E-state index contributed by atoms with van der Waals surface area (Å²) in [6.07, 6.45) is 0.175. The molecule has 2 N–H and O–H groups in total. The van der Waals surface area contributed by atoms with Gasteiger partial charge in [0, 0.05) is 11.0 Å². The minimum absolute atomic E-state index is 0.0311. The van der Waals surface area contributed by atoms with Gasteiger partial charge in [-0.15, -0.1) is 0 Å². The second kappa shape index (κ2) is 5.07. The van der Waals surface area contributed by atoms with Gasteiger partial charge in [0.1, 0.15) is 6.10 Å². The van der Waals surface area contributed by atoms with E-state index in [0.29, 0.717) is 19.8 Å². The van der Waals surface area contributed by atoms with E-state index in [0.717, 1.165) is 10.0 Å². The molecule has 3 nitrogen and oxygen atoms in total. The van der Waals surface area contributed by atoms with Crippen molar-refractivity contribution in [3.8, 4) is 0 Å². The van der Waals surface area contributed by atoms with Gasteiger partial charge in [0.05, 0.1) is 19.3 Å². The van der Waals surface area contributed by atoms with Gasteiger partial charge in [-0.2, -0.15) is 0 Å². The third-order valence-corrected chi connectivity index (χ3v) is 2.89. The molecule has 0 saturated carbocycles. The molecule has 0 aromatic heterocycles. The summed E-state index contributed by atoms with van der Waals surface area (Å²) in [5.41, 5.74) is 6.81. The predicted molar refractivity (Wildman–Crippen MR) is 61.6 cm³/mol. The molecule has 4 heteroatoms. The summed E-state index contributed by atoms with van der Waals surface area (Å²) in [5, 5.41) is 0. The van der Waals surface area contributed by atoms with Crippen molar-refractivity contribution in [2.45, 2.75) is 12.2 Å². The lowest BCUT2D eigenvalue weighted by Crippen LogP contribution is -2.38. The average molecular weight is 272 g/mol. The fraction of sp³-hybridized carbons (Fsp3) is 0.455. The topological polar surface area (TPSA) is 44.5 Å². The number of ether oxygens (including phenoxy) is 2. The third-order valence-electron chi connectivity index (χ3n) is 2.40. The van der Waals surface area contributed by atoms with Gasteiger partial charge in [0.15, 0.2) is 0 Å². The summed E-state index contributed by atoms with van der Waals surface area (Å²) in [5.74, 6) is 0. The Morgan fingerprint density at radius 2 is 2.33 bits per heavy atom. The fourth-order valence-electron chi connectivity index (χ4n) is 1.50. The van der Waals surface area contributed by atoms with Crippen molar-refractivity contribution >= 4 is 15.9 Å². The molecular formula is C11H14BrNO2. The van der Waals surface area contributed by atoms with Crippen LogP contribution < -0.4 is 5.73 Å². The standard InChI is InChI=1S/C11H14BrNO2/c12-9-3-1-2-8(4-9)11(5-13)15-10-6-14-7-10/h1-4,10-11H,5-7,13H2. The molecule has 1 unspecified atom stereocenters. The molecule has 0 bridgehead atoms. The van der Waals surface area contributed by atoms with Crippen molar-refractivity contribution in [3.05, 3.63) is 34.3 Å². The number of benzene rings is 1. The second-order valence-corrected chi connectivity index (χ2v) is 4.49. The molecule has 0 radical (unpaired) electrons. The number of hydrogen-bond acceptors (Lipinski definition) is 3. The number of halogens is 1. The zero-order valence-corrected chi connectivity index (χ0v) is 9.94. The maximum absolute atomic E-state index is 5.81. The Labute approximate surface area is 97.7 Å². The zero-order chi connectivity index (χ0) is 10.7. The lowest BCUT2D eigenvalue weighted by atomic mass is 10.1. The second-order valence-electron chi connectivity index (χ2n) is 3.57. The van der Waals surface area contributed by atoms with Gasteiger partial charge >= 0.3 is 0 Å². The van der Waals surface area contributed by atoms with Crippen LogP contribution >= 0.6 is 15.9 Å². The van der Waals surface area contributed by atoms with Crippen LogP contribution in [0.2, 0.25) is 0 Å². The first kappa shape index (κ1) is 11.1. The van der Waals surface area contributed by atoms with Gasteiger partial charge in [-0.25, -0.2) is 0 Å². The van der Waals surface area contributed by atoms with Crippen molar-refractivity contribution in [2.24, 2.45) is 5.73 Å². The summed E-state index contributed by atoms with van der Waals surface area (Å²) in [6.45, 7) is 1.86. The molecule has 1 saturated heterocycles. The number of nitrogens with two attached hydrogens (primary N) is 1. The molecule has 15 heavy (non-hydrogen) atoms. The summed E-state index contributed by atoms with van der Waals surface area (Å²) in [4.78, 5) is 0. The van der Waals surface area contributed by atoms with Gasteiger partial charge in [0.25, 0.3) is 0 Å². The molecule has 82 valence electrons. The Morgan fingerprint density at radius 3 is 2.87 bits per heavy atom. The summed E-state index contributed by atoms with van der Waals surface area (Å²) in [6, 6.07) is 8.05.